The van der Waals surface area contributed by atoms with E-state index in [4.69, 9.17) is 9.78 Å². The third-order valence-corrected chi connectivity index (χ3v) is 7.06. The standard InChI is InChI=1S/C23H21N5O3S/c24-13-18-6-7-19(32-18)21-25-22(31-26-21)15-8-10-27(11-9-15)23(30)16-12-20(29)28(14-16)17-4-2-1-3-5-17/h1-7,15-16H,8-12,14H2. The van der Waals surface area contributed by atoms with E-state index in [0.717, 1.165) is 23.4 Å². The number of thiophene rings is 1. The summed E-state index contributed by atoms with van der Waals surface area (Å²) in [4.78, 5) is 35.0. The van der Waals surface area contributed by atoms with Gasteiger partial charge in [-0.05, 0) is 37.1 Å². The van der Waals surface area contributed by atoms with Gasteiger partial charge in [0, 0.05) is 37.7 Å². The molecule has 2 aromatic heterocycles. The van der Waals surface area contributed by atoms with Crippen molar-refractivity contribution in [2.24, 2.45) is 5.92 Å². The van der Waals surface area contributed by atoms with E-state index in [2.05, 4.69) is 16.2 Å². The Labute approximate surface area is 189 Å². The van der Waals surface area contributed by atoms with Crippen LogP contribution in [0.3, 0.4) is 0 Å². The van der Waals surface area contributed by atoms with Gasteiger partial charge in [0.2, 0.25) is 23.5 Å². The van der Waals surface area contributed by atoms with Gasteiger partial charge < -0.3 is 14.3 Å². The molecule has 2 fully saturated rings. The number of nitrogens with zero attached hydrogens (tertiary/aromatic N) is 5. The number of aromatic nitrogens is 2. The van der Waals surface area contributed by atoms with Crippen LogP contribution in [0.5, 0.6) is 0 Å². The lowest BCUT2D eigenvalue weighted by Crippen LogP contribution is -2.42. The number of rotatable bonds is 4. The molecule has 4 heterocycles. The number of carbonyl (C=O) groups is 2. The molecule has 0 radical (unpaired) electrons. The highest BCUT2D eigenvalue weighted by Gasteiger charge is 2.38. The molecule has 1 atom stereocenters. The maximum Gasteiger partial charge on any atom is 0.230 e. The van der Waals surface area contributed by atoms with Crippen LogP contribution in [0.2, 0.25) is 0 Å². The Morgan fingerprint density at radius 3 is 2.66 bits per heavy atom. The molecule has 0 N–H and O–H groups in total. The molecule has 3 aromatic rings. The first-order chi connectivity index (χ1) is 15.6. The molecule has 2 aliphatic rings. The van der Waals surface area contributed by atoms with E-state index < -0.39 is 0 Å². The Balaban J connectivity index is 1.19. The molecule has 32 heavy (non-hydrogen) atoms. The SMILES string of the molecule is N#Cc1ccc(-c2noc(C3CCN(C(=O)C4CC(=O)N(c5ccccc5)C4)CC3)n2)s1. The lowest BCUT2D eigenvalue weighted by atomic mass is 9.95. The van der Waals surface area contributed by atoms with E-state index in [1.165, 1.54) is 11.3 Å². The summed E-state index contributed by atoms with van der Waals surface area (Å²) in [5, 5.41) is 13.0. The fourth-order valence-corrected chi connectivity index (χ4v) is 5.08. The molecule has 1 unspecified atom stereocenters. The predicted octanol–water partition coefficient (Wildman–Crippen LogP) is 3.43. The summed E-state index contributed by atoms with van der Waals surface area (Å²) < 4.78 is 5.48. The van der Waals surface area contributed by atoms with Crippen molar-refractivity contribution >= 4 is 28.8 Å². The molecule has 8 nitrogen and oxygen atoms in total. The maximum atomic E-state index is 13.1. The number of anilines is 1. The number of piperidine rings is 1. The largest absolute Gasteiger partial charge is 0.342 e. The first-order valence-corrected chi connectivity index (χ1v) is 11.4. The van der Waals surface area contributed by atoms with Gasteiger partial charge in [0.05, 0.1) is 10.8 Å². The summed E-state index contributed by atoms with van der Waals surface area (Å²) in [6, 6.07) is 15.2. The molecule has 5 rings (SSSR count). The van der Waals surface area contributed by atoms with Gasteiger partial charge in [0.1, 0.15) is 10.9 Å². The van der Waals surface area contributed by atoms with Gasteiger partial charge in [-0.3, -0.25) is 9.59 Å². The number of carbonyl (C=O) groups excluding carboxylic acids is 2. The average molecular weight is 448 g/mol. The molecular formula is C23H21N5O3S. The molecular weight excluding hydrogens is 426 g/mol. The van der Waals surface area contributed by atoms with E-state index in [1.807, 2.05) is 41.3 Å². The second kappa shape index (κ2) is 8.55. The fourth-order valence-electron chi connectivity index (χ4n) is 4.35. The zero-order valence-corrected chi connectivity index (χ0v) is 18.1. The van der Waals surface area contributed by atoms with Gasteiger partial charge in [0.25, 0.3) is 0 Å². The van der Waals surface area contributed by atoms with Crippen LogP contribution in [-0.2, 0) is 9.59 Å². The second-order valence-corrected chi connectivity index (χ2v) is 9.16. The van der Waals surface area contributed by atoms with E-state index in [-0.39, 0.29) is 30.1 Å². The summed E-state index contributed by atoms with van der Waals surface area (Å²) in [5.41, 5.74) is 0.839. The Morgan fingerprint density at radius 2 is 1.94 bits per heavy atom. The summed E-state index contributed by atoms with van der Waals surface area (Å²) >= 11 is 1.33. The highest BCUT2D eigenvalue weighted by molar-refractivity contribution is 7.15. The Bertz CT molecular complexity index is 1170. The predicted molar refractivity (Wildman–Crippen MR) is 118 cm³/mol. The Morgan fingerprint density at radius 1 is 1.16 bits per heavy atom. The lowest BCUT2D eigenvalue weighted by Gasteiger charge is -2.32. The highest BCUT2D eigenvalue weighted by Crippen LogP contribution is 2.32. The lowest BCUT2D eigenvalue weighted by molar-refractivity contribution is -0.136. The summed E-state index contributed by atoms with van der Waals surface area (Å²) in [7, 11) is 0. The normalized spacial score (nSPS) is 19.3. The number of para-hydroxylation sites is 1. The van der Waals surface area contributed by atoms with Crippen LogP contribution in [0.1, 0.15) is 35.9 Å². The molecule has 2 saturated heterocycles. The number of likely N-dealkylation sites (tertiary alicyclic amines) is 1. The average Bonchev–Trinajstić information content (AvgIpc) is 3.58. The van der Waals surface area contributed by atoms with Crippen LogP contribution in [0.15, 0.2) is 47.0 Å². The molecule has 0 aliphatic carbocycles. The third kappa shape index (κ3) is 3.89. The minimum absolute atomic E-state index is 0.00374. The molecule has 0 spiro atoms. The highest BCUT2D eigenvalue weighted by atomic mass is 32.1. The number of hydrogen-bond acceptors (Lipinski definition) is 7. The van der Waals surface area contributed by atoms with Crippen molar-refractivity contribution in [1.29, 1.82) is 5.26 Å². The molecule has 162 valence electrons. The van der Waals surface area contributed by atoms with Crippen molar-refractivity contribution in [1.82, 2.24) is 15.0 Å². The zero-order chi connectivity index (χ0) is 22.1. The maximum absolute atomic E-state index is 13.1. The zero-order valence-electron chi connectivity index (χ0n) is 17.3. The summed E-state index contributed by atoms with van der Waals surface area (Å²) in [5.74, 6) is 0.907. The van der Waals surface area contributed by atoms with E-state index in [0.29, 0.717) is 36.2 Å². The van der Waals surface area contributed by atoms with Crippen molar-refractivity contribution in [3.05, 3.63) is 53.2 Å². The van der Waals surface area contributed by atoms with Crippen LogP contribution in [-0.4, -0.2) is 46.5 Å². The number of nitriles is 1. The van der Waals surface area contributed by atoms with Gasteiger partial charge in [-0.2, -0.15) is 10.2 Å². The smallest absolute Gasteiger partial charge is 0.230 e. The topological polar surface area (TPSA) is 103 Å². The third-order valence-electron chi connectivity index (χ3n) is 6.08. The fraction of sp³-hybridized carbons (Fsp3) is 0.348. The van der Waals surface area contributed by atoms with Crippen LogP contribution < -0.4 is 4.90 Å². The van der Waals surface area contributed by atoms with Crippen molar-refractivity contribution < 1.29 is 14.1 Å². The quantitative estimate of drug-likeness (QED) is 0.607. The van der Waals surface area contributed by atoms with Gasteiger partial charge in [-0.25, -0.2) is 0 Å². The van der Waals surface area contributed by atoms with Crippen LogP contribution in [0.4, 0.5) is 5.69 Å². The Kier molecular flexibility index (Phi) is 5.45. The van der Waals surface area contributed by atoms with Crippen molar-refractivity contribution in [3.63, 3.8) is 0 Å². The van der Waals surface area contributed by atoms with Crippen LogP contribution in [0.25, 0.3) is 10.7 Å². The molecule has 0 saturated carbocycles. The number of hydrogen-bond donors (Lipinski definition) is 0. The van der Waals surface area contributed by atoms with E-state index >= 15 is 0 Å². The van der Waals surface area contributed by atoms with Gasteiger partial charge in [-0.15, -0.1) is 11.3 Å². The molecule has 2 aliphatic heterocycles. The van der Waals surface area contributed by atoms with Crippen molar-refractivity contribution in [2.45, 2.75) is 25.2 Å². The summed E-state index contributed by atoms with van der Waals surface area (Å²) in [6.07, 6.45) is 1.74. The second-order valence-electron chi connectivity index (χ2n) is 8.07. The molecule has 1 aromatic carbocycles. The van der Waals surface area contributed by atoms with Gasteiger partial charge in [0.15, 0.2) is 0 Å². The van der Waals surface area contributed by atoms with Crippen molar-refractivity contribution in [2.75, 3.05) is 24.5 Å². The Hall–Kier alpha value is -3.51. The van der Waals surface area contributed by atoms with E-state index in [1.54, 1.807) is 11.0 Å². The molecule has 9 heteroatoms. The first kappa shape index (κ1) is 20.4. The minimum Gasteiger partial charge on any atom is -0.342 e. The molecule has 2 amide bonds. The van der Waals surface area contributed by atoms with Crippen molar-refractivity contribution in [3.8, 4) is 16.8 Å². The van der Waals surface area contributed by atoms with Gasteiger partial charge >= 0.3 is 0 Å². The monoisotopic (exact) mass is 447 g/mol. The number of amides is 2. The summed E-state index contributed by atoms with van der Waals surface area (Å²) in [6.45, 7) is 1.64. The van der Waals surface area contributed by atoms with Crippen LogP contribution >= 0.6 is 11.3 Å². The first-order valence-electron chi connectivity index (χ1n) is 10.6. The van der Waals surface area contributed by atoms with Gasteiger partial charge in [-0.1, -0.05) is 23.4 Å². The molecule has 0 bridgehead atoms. The van der Waals surface area contributed by atoms with Crippen LogP contribution in [0, 0.1) is 17.2 Å². The minimum atomic E-state index is -0.303. The number of benzene rings is 1. The van der Waals surface area contributed by atoms with E-state index in [9.17, 15) is 9.59 Å².